The maximum Gasteiger partial charge on any atom is 0.266 e. The Kier molecular flexibility index (Phi) is 4.54. The minimum atomic E-state index is -0.334. The van der Waals surface area contributed by atoms with Gasteiger partial charge in [0.2, 0.25) is 0 Å². The van der Waals surface area contributed by atoms with Gasteiger partial charge >= 0.3 is 0 Å². The number of nitriles is 1. The predicted octanol–water partition coefficient (Wildman–Crippen LogP) is 3.40. The van der Waals surface area contributed by atoms with E-state index in [2.05, 4.69) is 11.1 Å². The molecular formula is C18H15N3O2S. The lowest BCUT2D eigenvalue weighted by Gasteiger charge is -2.16. The van der Waals surface area contributed by atoms with Gasteiger partial charge in [-0.2, -0.15) is 5.26 Å². The smallest absolute Gasteiger partial charge is 0.266 e. The molecule has 0 unspecified atom stereocenters. The van der Waals surface area contributed by atoms with Gasteiger partial charge in [0.1, 0.15) is 5.75 Å². The molecular weight excluding hydrogens is 322 g/mol. The van der Waals surface area contributed by atoms with Crippen molar-refractivity contribution >= 4 is 22.7 Å². The second-order valence-corrected chi connectivity index (χ2v) is 6.42. The molecule has 0 aliphatic heterocycles. The SMILES string of the molecule is COc1ccccc1-n1c(S[C@H](C)C#N)nc2ccccc2c1=O. The van der Waals surface area contributed by atoms with Crippen molar-refractivity contribution in [2.45, 2.75) is 17.3 Å². The monoisotopic (exact) mass is 337 g/mol. The Morgan fingerprint density at radius 3 is 2.67 bits per heavy atom. The lowest BCUT2D eigenvalue weighted by Crippen LogP contribution is -2.22. The summed E-state index contributed by atoms with van der Waals surface area (Å²) in [6.07, 6.45) is 0. The van der Waals surface area contributed by atoms with Crippen molar-refractivity contribution in [1.82, 2.24) is 9.55 Å². The second-order valence-electron chi connectivity index (χ2n) is 5.11. The number of para-hydroxylation sites is 3. The molecule has 1 atom stereocenters. The molecule has 3 aromatic rings. The third-order valence-electron chi connectivity index (χ3n) is 3.53. The molecule has 0 N–H and O–H groups in total. The van der Waals surface area contributed by atoms with Crippen LogP contribution in [-0.2, 0) is 0 Å². The van der Waals surface area contributed by atoms with Crippen molar-refractivity contribution in [1.29, 1.82) is 5.26 Å². The average Bonchev–Trinajstić information content (AvgIpc) is 2.62. The van der Waals surface area contributed by atoms with Crippen molar-refractivity contribution in [2.24, 2.45) is 0 Å². The Morgan fingerprint density at radius 1 is 1.21 bits per heavy atom. The van der Waals surface area contributed by atoms with Crippen LogP contribution in [0.3, 0.4) is 0 Å². The van der Waals surface area contributed by atoms with Gasteiger partial charge < -0.3 is 4.74 Å². The fourth-order valence-corrected chi connectivity index (χ4v) is 3.21. The number of aromatic nitrogens is 2. The first-order valence-electron chi connectivity index (χ1n) is 7.37. The minimum absolute atomic E-state index is 0.183. The van der Waals surface area contributed by atoms with Crippen LogP contribution in [0, 0.1) is 11.3 Å². The average molecular weight is 337 g/mol. The maximum absolute atomic E-state index is 13.1. The van der Waals surface area contributed by atoms with Crippen LogP contribution in [0.15, 0.2) is 58.5 Å². The lowest BCUT2D eigenvalue weighted by molar-refractivity contribution is 0.411. The molecule has 120 valence electrons. The predicted molar refractivity (Wildman–Crippen MR) is 94.8 cm³/mol. The van der Waals surface area contributed by atoms with E-state index in [1.807, 2.05) is 24.3 Å². The van der Waals surface area contributed by atoms with Gasteiger partial charge in [0, 0.05) is 0 Å². The van der Waals surface area contributed by atoms with E-state index in [1.54, 1.807) is 38.3 Å². The molecule has 0 saturated heterocycles. The van der Waals surface area contributed by atoms with Crippen LogP contribution in [-0.4, -0.2) is 21.9 Å². The summed E-state index contributed by atoms with van der Waals surface area (Å²) in [5.74, 6) is 0.572. The quantitative estimate of drug-likeness (QED) is 0.539. The zero-order valence-electron chi connectivity index (χ0n) is 13.3. The van der Waals surface area contributed by atoms with E-state index in [9.17, 15) is 4.79 Å². The Morgan fingerprint density at radius 2 is 1.92 bits per heavy atom. The summed E-state index contributed by atoms with van der Waals surface area (Å²) in [7, 11) is 1.56. The highest BCUT2D eigenvalue weighted by atomic mass is 32.2. The van der Waals surface area contributed by atoms with Gasteiger partial charge in [0.05, 0.1) is 35.0 Å². The molecule has 24 heavy (non-hydrogen) atoms. The first-order chi connectivity index (χ1) is 11.7. The Balaban J connectivity index is 2.35. The molecule has 0 spiro atoms. The third-order valence-corrected chi connectivity index (χ3v) is 4.48. The Labute approximate surface area is 143 Å². The standard InChI is InChI=1S/C18H15N3O2S/c1-12(11-19)24-18-20-14-8-4-3-7-13(14)17(22)21(18)15-9-5-6-10-16(15)23-2/h3-10,12H,1-2H3/t12-/m1/s1. The van der Waals surface area contributed by atoms with E-state index in [0.29, 0.717) is 27.5 Å². The van der Waals surface area contributed by atoms with E-state index in [0.717, 1.165) is 0 Å². The summed E-state index contributed by atoms with van der Waals surface area (Å²) in [6, 6.07) is 16.6. The summed E-state index contributed by atoms with van der Waals surface area (Å²) >= 11 is 1.25. The summed E-state index contributed by atoms with van der Waals surface area (Å²) < 4.78 is 6.90. The number of thioether (sulfide) groups is 1. The van der Waals surface area contributed by atoms with E-state index < -0.39 is 0 Å². The molecule has 0 saturated carbocycles. The van der Waals surface area contributed by atoms with E-state index in [-0.39, 0.29) is 10.8 Å². The fraction of sp³-hybridized carbons (Fsp3) is 0.167. The number of nitrogens with zero attached hydrogens (tertiary/aromatic N) is 3. The van der Waals surface area contributed by atoms with Gasteiger partial charge in [-0.3, -0.25) is 9.36 Å². The Bertz CT molecular complexity index is 991. The van der Waals surface area contributed by atoms with Crippen LogP contribution in [0.1, 0.15) is 6.92 Å². The maximum atomic E-state index is 13.1. The highest BCUT2D eigenvalue weighted by Gasteiger charge is 2.17. The van der Waals surface area contributed by atoms with Gasteiger partial charge in [-0.25, -0.2) is 4.98 Å². The minimum Gasteiger partial charge on any atom is -0.495 e. The van der Waals surface area contributed by atoms with Crippen LogP contribution in [0.4, 0.5) is 0 Å². The van der Waals surface area contributed by atoms with Gasteiger partial charge in [-0.15, -0.1) is 0 Å². The van der Waals surface area contributed by atoms with Crippen molar-refractivity contribution < 1.29 is 4.74 Å². The molecule has 0 radical (unpaired) electrons. The largest absolute Gasteiger partial charge is 0.495 e. The van der Waals surface area contributed by atoms with Crippen LogP contribution in [0.5, 0.6) is 5.75 Å². The zero-order valence-corrected chi connectivity index (χ0v) is 14.1. The van der Waals surface area contributed by atoms with Gasteiger partial charge in [-0.05, 0) is 31.2 Å². The van der Waals surface area contributed by atoms with Gasteiger partial charge in [0.25, 0.3) is 5.56 Å². The van der Waals surface area contributed by atoms with Crippen LogP contribution >= 0.6 is 11.8 Å². The molecule has 2 aromatic carbocycles. The lowest BCUT2D eigenvalue weighted by atomic mass is 10.2. The van der Waals surface area contributed by atoms with E-state index >= 15 is 0 Å². The van der Waals surface area contributed by atoms with Crippen molar-refractivity contribution in [3.63, 3.8) is 0 Å². The molecule has 0 fully saturated rings. The van der Waals surface area contributed by atoms with Crippen molar-refractivity contribution in [3.05, 3.63) is 58.9 Å². The highest BCUT2D eigenvalue weighted by molar-refractivity contribution is 8.00. The van der Waals surface area contributed by atoms with Crippen LogP contribution in [0.2, 0.25) is 0 Å². The number of hydrogen-bond donors (Lipinski definition) is 0. The normalized spacial score (nSPS) is 11.9. The molecule has 0 aliphatic rings. The van der Waals surface area contributed by atoms with Crippen molar-refractivity contribution in [3.8, 4) is 17.5 Å². The fourth-order valence-electron chi connectivity index (χ4n) is 2.40. The summed E-state index contributed by atoms with van der Waals surface area (Å²) in [5.41, 5.74) is 1.04. The van der Waals surface area contributed by atoms with Crippen LogP contribution < -0.4 is 10.3 Å². The summed E-state index contributed by atoms with van der Waals surface area (Å²) in [5, 5.41) is 9.79. The van der Waals surface area contributed by atoms with Gasteiger partial charge in [0.15, 0.2) is 5.16 Å². The summed E-state index contributed by atoms with van der Waals surface area (Å²) in [6.45, 7) is 1.78. The second kappa shape index (κ2) is 6.77. The number of ether oxygens (including phenoxy) is 1. The Hall–Kier alpha value is -2.78. The number of methoxy groups -OCH3 is 1. The van der Waals surface area contributed by atoms with E-state index in [4.69, 9.17) is 10.00 Å². The molecule has 1 aromatic heterocycles. The molecule has 3 rings (SSSR count). The molecule has 0 aliphatic carbocycles. The molecule has 0 amide bonds. The number of fused-ring (bicyclic) bond motifs is 1. The number of hydrogen-bond acceptors (Lipinski definition) is 5. The van der Waals surface area contributed by atoms with Gasteiger partial charge in [-0.1, -0.05) is 36.0 Å². The third kappa shape index (κ3) is 2.86. The first kappa shape index (κ1) is 16.1. The zero-order chi connectivity index (χ0) is 17.1. The molecule has 6 heteroatoms. The molecule has 0 bridgehead atoms. The topological polar surface area (TPSA) is 67.9 Å². The highest BCUT2D eigenvalue weighted by Crippen LogP contribution is 2.28. The number of benzene rings is 2. The molecule has 5 nitrogen and oxygen atoms in total. The van der Waals surface area contributed by atoms with Crippen molar-refractivity contribution in [2.75, 3.05) is 7.11 Å². The van der Waals surface area contributed by atoms with Crippen LogP contribution in [0.25, 0.3) is 16.6 Å². The van der Waals surface area contributed by atoms with E-state index in [1.165, 1.54) is 16.3 Å². The first-order valence-corrected chi connectivity index (χ1v) is 8.25. The summed E-state index contributed by atoms with van der Waals surface area (Å²) in [4.78, 5) is 17.7. The number of rotatable bonds is 4. The molecule has 1 heterocycles.